The van der Waals surface area contributed by atoms with Gasteiger partial charge in [-0.15, -0.1) is 24.8 Å². The molecule has 0 radical (unpaired) electrons. The number of hydrogen-bond acceptors (Lipinski definition) is 4. The number of nitrogens with two attached hydrogens (primary N) is 1. The Balaban J connectivity index is 0.00000156. The van der Waals surface area contributed by atoms with E-state index in [1.165, 1.54) is 5.56 Å². The Labute approximate surface area is 160 Å². The molecule has 0 aliphatic carbocycles. The Morgan fingerprint density at radius 2 is 1.56 bits per heavy atom. The smallest absolute Gasteiger partial charge is 0.124 e. The molecule has 25 heavy (non-hydrogen) atoms. The van der Waals surface area contributed by atoms with E-state index in [0.717, 1.165) is 28.8 Å². The third kappa shape index (κ3) is 5.78. The lowest BCUT2D eigenvalue weighted by Crippen LogP contribution is -2.10. The number of pyridine rings is 1. The van der Waals surface area contributed by atoms with E-state index in [1.807, 2.05) is 36.4 Å². The zero-order valence-corrected chi connectivity index (χ0v) is 15.9. The van der Waals surface area contributed by atoms with Gasteiger partial charge in [0.1, 0.15) is 18.2 Å². The van der Waals surface area contributed by atoms with Gasteiger partial charge >= 0.3 is 0 Å². The van der Waals surface area contributed by atoms with Gasteiger partial charge < -0.3 is 15.4 Å². The van der Waals surface area contributed by atoms with E-state index in [4.69, 9.17) is 10.5 Å². The van der Waals surface area contributed by atoms with Crippen molar-refractivity contribution in [2.24, 2.45) is 0 Å². The van der Waals surface area contributed by atoms with Gasteiger partial charge in [-0.25, -0.2) is 4.98 Å². The molecular formula is C19H23Cl2N3O. The molecule has 4 nitrogen and oxygen atoms in total. The molecule has 3 rings (SSSR count). The van der Waals surface area contributed by atoms with E-state index in [-0.39, 0.29) is 24.8 Å². The van der Waals surface area contributed by atoms with Crippen LogP contribution in [-0.4, -0.2) is 24.0 Å². The second kappa shape index (κ2) is 9.47. The molecule has 0 atom stereocenters. The van der Waals surface area contributed by atoms with Gasteiger partial charge in [-0.3, -0.25) is 0 Å². The summed E-state index contributed by atoms with van der Waals surface area (Å²) in [6.45, 7) is 1.44. The molecular weight excluding hydrogens is 357 g/mol. The molecule has 134 valence electrons. The zero-order chi connectivity index (χ0) is 16.2. The topological polar surface area (TPSA) is 51.4 Å². The van der Waals surface area contributed by atoms with Gasteiger partial charge in [0.05, 0.1) is 5.52 Å². The minimum absolute atomic E-state index is 0. The van der Waals surface area contributed by atoms with E-state index < -0.39 is 0 Å². The fourth-order valence-electron chi connectivity index (χ4n) is 2.49. The minimum atomic E-state index is 0. The summed E-state index contributed by atoms with van der Waals surface area (Å²) in [5, 5.41) is 1.08. The number of fused-ring (bicyclic) bond motifs is 1. The van der Waals surface area contributed by atoms with Gasteiger partial charge in [0.15, 0.2) is 0 Å². The maximum atomic E-state index is 5.86. The lowest BCUT2D eigenvalue weighted by atomic mass is 10.1. The Bertz CT molecular complexity index is 807. The predicted octanol–water partition coefficient (Wildman–Crippen LogP) is 4.30. The van der Waals surface area contributed by atoms with Crippen LogP contribution in [0.4, 0.5) is 5.82 Å². The van der Waals surface area contributed by atoms with Gasteiger partial charge in [0, 0.05) is 11.9 Å². The van der Waals surface area contributed by atoms with Crippen LogP contribution in [0.15, 0.2) is 54.6 Å². The Hall–Kier alpha value is -2.01. The van der Waals surface area contributed by atoms with Gasteiger partial charge in [-0.1, -0.05) is 24.3 Å². The van der Waals surface area contributed by atoms with Crippen molar-refractivity contribution in [3.8, 4) is 5.75 Å². The second-order valence-corrected chi connectivity index (χ2v) is 5.93. The van der Waals surface area contributed by atoms with Crippen LogP contribution in [0.3, 0.4) is 0 Å². The van der Waals surface area contributed by atoms with Crippen molar-refractivity contribution in [2.45, 2.75) is 13.2 Å². The van der Waals surface area contributed by atoms with Gasteiger partial charge in [-0.05, 0) is 55.6 Å². The summed E-state index contributed by atoms with van der Waals surface area (Å²) in [6, 6.07) is 18.1. The first-order chi connectivity index (χ1) is 11.1. The van der Waals surface area contributed by atoms with E-state index in [2.05, 4.69) is 42.2 Å². The lowest BCUT2D eigenvalue weighted by molar-refractivity contribution is 0.306. The standard InChI is InChI=1S/C19H21N3O.2ClH/c1-22(2)12-14-4-8-17(9-5-14)23-13-15-3-6-16-7-10-19(20)21-18(16)11-15;;/h3-11H,12-13H2,1-2H3,(H2,20,21);2*1H. The summed E-state index contributed by atoms with van der Waals surface area (Å²) >= 11 is 0. The summed E-state index contributed by atoms with van der Waals surface area (Å²) in [6.07, 6.45) is 0. The number of anilines is 1. The molecule has 2 aromatic carbocycles. The molecule has 0 spiro atoms. The Morgan fingerprint density at radius 3 is 2.24 bits per heavy atom. The Kier molecular flexibility index (Phi) is 7.97. The number of rotatable bonds is 5. The van der Waals surface area contributed by atoms with Crippen LogP contribution in [0.25, 0.3) is 10.9 Å². The normalized spacial score (nSPS) is 10.2. The van der Waals surface area contributed by atoms with Gasteiger partial charge in [0.2, 0.25) is 0 Å². The first-order valence-electron chi connectivity index (χ1n) is 7.62. The van der Waals surface area contributed by atoms with Crippen LogP contribution in [-0.2, 0) is 13.2 Å². The largest absolute Gasteiger partial charge is 0.489 e. The summed E-state index contributed by atoms with van der Waals surface area (Å²) < 4.78 is 5.86. The van der Waals surface area contributed by atoms with Crippen LogP contribution in [0.5, 0.6) is 5.75 Å². The number of hydrogen-bond donors (Lipinski definition) is 1. The van der Waals surface area contributed by atoms with Crippen LogP contribution < -0.4 is 10.5 Å². The SMILES string of the molecule is CN(C)Cc1ccc(OCc2ccc3ccc(N)nc3c2)cc1.Cl.Cl. The van der Waals surface area contributed by atoms with Gasteiger partial charge in [0.25, 0.3) is 0 Å². The maximum absolute atomic E-state index is 5.86. The molecule has 6 heteroatoms. The van der Waals surface area contributed by atoms with Gasteiger partial charge in [-0.2, -0.15) is 0 Å². The summed E-state index contributed by atoms with van der Waals surface area (Å²) in [5.74, 6) is 1.40. The maximum Gasteiger partial charge on any atom is 0.124 e. The minimum Gasteiger partial charge on any atom is -0.489 e. The summed E-state index contributed by atoms with van der Waals surface area (Å²) in [7, 11) is 4.12. The first-order valence-corrected chi connectivity index (χ1v) is 7.62. The van der Waals surface area contributed by atoms with E-state index in [0.29, 0.717) is 12.4 Å². The molecule has 1 heterocycles. The molecule has 0 bridgehead atoms. The number of aromatic nitrogens is 1. The summed E-state index contributed by atoms with van der Waals surface area (Å²) in [4.78, 5) is 6.49. The number of benzene rings is 2. The molecule has 0 unspecified atom stereocenters. The Morgan fingerprint density at radius 1 is 0.920 bits per heavy atom. The van der Waals surface area contributed by atoms with Crippen molar-refractivity contribution in [1.82, 2.24) is 9.88 Å². The van der Waals surface area contributed by atoms with Crippen molar-refractivity contribution in [3.05, 3.63) is 65.7 Å². The van der Waals surface area contributed by atoms with Crippen LogP contribution >= 0.6 is 24.8 Å². The first kappa shape index (κ1) is 21.0. The second-order valence-electron chi connectivity index (χ2n) is 5.93. The predicted molar refractivity (Wildman–Crippen MR) is 109 cm³/mol. The van der Waals surface area contributed by atoms with E-state index in [1.54, 1.807) is 0 Å². The molecule has 0 aliphatic rings. The number of nitrogens with zero attached hydrogens (tertiary/aromatic N) is 2. The molecule has 0 amide bonds. The van der Waals surface area contributed by atoms with Crippen LogP contribution in [0.2, 0.25) is 0 Å². The molecule has 0 aliphatic heterocycles. The average molecular weight is 380 g/mol. The molecule has 0 fully saturated rings. The molecule has 3 aromatic rings. The molecule has 1 aromatic heterocycles. The average Bonchev–Trinajstić information content (AvgIpc) is 2.53. The van der Waals surface area contributed by atoms with Crippen molar-refractivity contribution in [2.75, 3.05) is 19.8 Å². The lowest BCUT2D eigenvalue weighted by Gasteiger charge is -2.11. The zero-order valence-electron chi connectivity index (χ0n) is 14.3. The summed E-state index contributed by atoms with van der Waals surface area (Å²) in [5.41, 5.74) is 8.99. The third-order valence-corrected chi connectivity index (χ3v) is 3.61. The molecule has 0 saturated carbocycles. The highest BCUT2D eigenvalue weighted by Crippen LogP contribution is 2.18. The molecule has 2 N–H and O–H groups in total. The number of halogens is 2. The highest BCUT2D eigenvalue weighted by molar-refractivity contribution is 5.85. The van der Waals surface area contributed by atoms with Crippen molar-refractivity contribution < 1.29 is 4.74 Å². The van der Waals surface area contributed by atoms with Crippen LogP contribution in [0.1, 0.15) is 11.1 Å². The van der Waals surface area contributed by atoms with Crippen LogP contribution in [0, 0.1) is 0 Å². The fourth-order valence-corrected chi connectivity index (χ4v) is 2.49. The molecule has 0 saturated heterocycles. The fraction of sp³-hybridized carbons (Fsp3) is 0.211. The van der Waals surface area contributed by atoms with Crippen molar-refractivity contribution >= 4 is 41.5 Å². The highest BCUT2D eigenvalue weighted by atomic mass is 35.5. The number of nitrogen functional groups attached to an aromatic ring is 1. The number of ether oxygens (including phenoxy) is 1. The van der Waals surface area contributed by atoms with E-state index in [9.17, 15) is 0 Å². The van der Waals surface area contributed by atoms with Crippen molar-refractivity contribution in [3.63, 3.8) is 0 Å². The third-order valence-electron chi connectivity index (χ3n) is 3.61. The highest BCUT2D eigenvalue weighted by Gasteiger charge is 2.01. The monoisotopic (exact) mass is 379 g/mol. The van der Waals surface area contributed by atoms with E-state index >= 15 is 0 Å². The quantitative estimate of drug-likeness (QED) is 0.717. The van der Waals surface area contributed by atoms with Crippen molar-refractivity contribution in [1.29, 1.82) is 0 Å².